The van der Waals surface area contributed by atoms with Crippen molar-refractivity contribution in [2.24, 2.45) is 5.41 Å². The predicted molar refractivity (Wildman–Crippen MR) is 132 cm³/mol. The van der Waals surface area contributed by atoms with Gasteiger partial charge in [0.15, 0.2) is 0 Å². The van der Waals surface area contributed by atoms with Crippen LogP contribution in [0.3, 0.4) is 0 Å². The quantitative estimate of drug-likeness (QED) is 0.511. The molecular formula is C27H33F4N5O3. The molecule has 2 N–H and O–H groups in total. The lowest BCUT2D eigenvalue weighted by Crippen LogP contribution is -2.51. The summed E-state index contributed by atoms with van der Waals surface area (Å²) in [7, 11) is 0. The molecule has 212 valence electrons. The van der Waals surface area contributed by atoms with Crippen LogP contribution in [0.25, 0.3) is 0 Å². The van der Waals surface area contributed by atoms with Crippen molar-refractivity contribution in [1.29, 1.82) is 0 Å². The van der Waals surface area contributed by atoms with E-state index in [0.29, 0.717) is 24.8 Å². The highest BCUT2D eigenvalue weighted by Crippen LogP contribution is 2.49. The molecule has 2 amide bonds. The Balaban J connectivity index is 1.32. The third-order valence-electron chi connectivity index (χ3n) is 8.00. The number of amides is 2. The summed E-state index contributed by atoms with van der Waals surface area (Å²) in [4.78, 5) is 28.5. The van der Waals surface area contributed by atoms with Crippen LogP contribution in [0.1, 0.15) is 81.7 Å². The molecule has 3 aliphatic rings. The second kappa shape index (κ2) is 9.57. The van der Waals surface area contributed by atoms with Crippen molar-refractivity contribution < 1.29 is 32.3 Å². The SMILES string of the molecule is CC(C)(C)[C@@H](C(=O)N1C[C@H](O)C[C@H]1C(=O)NCC1(c2cc(F)cc(C(F)(F)F)c2)CC1)n1cc(C2CC2)nn1. The van der Waals surface area contributed by atoms with E-state index in [2.05, 4.69) is 15.6 Å². The molecule has 5 rings (SSSR count). The van der Waals surface area contributed by atoms with E-state index in [1.165, 1.54) is 9.58 Å². The first-order chi connectivity index (χ1) is 18.2. The molecule has 1 saturated heterocycles. The van der Waals surface area contributed by atoms with E-state index >= 15 is 0 Å². The highest BCUT2D eigenvalue weighted by molar-refractivity contribution is 5.90. The fraction of sp³-hybridized carbons (Fsp3) is 0.630. The number of carbonyl (C=O) groups is 2. The summed E-state index contributed by atoms with van der Waals surface area (Å²) in [6, 6.07) is 0.736. The molecule has 0 radical (unpaired) electrons. The first kappa shape index (κ1) is 27.5. The largest absolute Gasteiger partial charge is 0.416 e. The van der Waals surface area contributed by atoms with Gasteiger partial charge >= 0.3 is 6.18 Å². The number of β-amino-alcohol motifs (C(OH)–C–C–N with tert-alkyl or cyclic N) is 1. The third-order valence-corrected chi connectivity index (χ3v) is 8.00. The highest BCUT2D eigenvalue weighted by atomic mass is 19.4. The number of rotatable bonds is 7. The fourth-order valence-corrected chi connectivity index (χ4v) is 5.48. The molecule has 0 bridgehead atoms. The molecule has 12 heteroatoms. The van der Waals surface area contributed by atoms with Gasteiger partial charge in [-0.2, -0.15) is 13.2 Å². The first-order valence-corrected chi connectivity index (χ1v) is 13.2. The van der Waals surface area contributed by atoms with Crippen LogP contribution in [0.15, 0.2) is 24.4 Å². The summed E-state index contributed by atoms with van der Waals surface area (Å²) in [5, 5.41) is 21.6. The van der Waals surface area contributed by atoms with Gasteiger partial charge < -0.3 is 15.3 Å². The second-order valence-corrected chi connectivity index (χ2v) is 12.3. The predicted octanol–water partition coefficient (Wildman–Crippen LogP) is 3.71. The Morgan fingerprint density at radius 2 is 1.87 bits per heavy atom. The number of alkyl halides is 3. The maximum Gasteiger partial charge on any atom is 0.416 e. The molecule has 8 nitrogen and oxygen atoms in total. The molecule has 3 fully saturated rings. The summed E-state index contributed by atoms with van der Waals surface area (Å²) in [5.74, 6) is -1.52. The number of hydrogen-bond acceptors (Lipinski definition) is 5. The van der Waals surface area contributed by atoms with Gasteiger partial charge in [-0.1, -0.05) is 26.0 Å². The Morgan fingerprint density at radius 3 is 2.46 bits per heavy atom. The lowest BCUT2D eigenvalue weighted by Gasteiger charge is -2.34. The van der Waals surface area contributed by atoms with E-state index in [0.717, 1.165) is 30.7 Å². The average molecular weight is 552 g/mol. The standard InChI is InChI=1S/C27H33F4N5O3/c1-25(2,3)22(36-13-20(33-34-36)15-4-5-15)24(39)35-12-19(37)11-21(35)23(38)32-14-26(6-7-26)16-8-17(27(29,30)31)10-18(28)9-16/h8-10,13,15,19,21-22,37H,4-7,11-12,14H2,1-3H3,(H,32,38)/t19-,21+,22-/m1/s1. The van der Waals surface area contributed by atoms with Crippen LogP contribution in [0.5, 0.6) is 0 Å². The Hall–Kier alpha value is -3.02. The summed E-state index contributed by atoms with van der Waals surface area (Å²) in [5.41, 5.74) is -1.45. The van der Waals surface area contributed by atoms with Crippen molar-refractivity contribution in [3.8, 4) is 0 Å². The van der Waals surface area contributed by atoms with Crippen LogP contribution in [-0.2, 0) is 21.2 Å². The van der Waals surface area contributed by atoms with E-state index in [1.807, 2.05) is 20.8 Å². The molecule has 2 heterocycles. The van der Waals surface area contributed by atoms with E-state index in [1.54, 1.807) is 6.20 Å². The lowest BCUT2D eigenvalue weighted by molar-refractivity contribution is -0.144. The van der Waals surface area contributed by atoms with Crippen LogP contribution in [0.4, 0.5) is 17.6 Å². The van der Waals surface area contributed by atoms with Crippen molar-refractivity contribution in [1.82, 2.24) is 25.2 Å². The topological polar surface area (TPSA) is 100 Å². The number of hydrogen-bond donors (Lipinski definition) is 2. The highest BCUT2D eigenvalue weighted by Gasteiger charge is 2.48. The number of benzene rings is 1. The van der Waals surface area contributed by atoms with Crippen molar-refractivity contribution in [3.05, 3.63) is 47.0 Å². The molecule has 1 aliphatic heterocycles. The monoisotopic (exact) mass is 551 g/mol. The number of nitrogens with zero attached hydrogens (tertiary/aromatic N) is 4. The Bertz CT molecular complexity index is 1260. The summed E-state index contributed by atoms with van der Waals surface area (Å²) in [6.45, 7) is 5.64. The fourth-order valence-electron chi connectivity index (χ4n) is 5.48. The zero-order valence-electron chi connectivity index (χ0n) is 22.1. The van der Waals surface area contributed by atoms with Crippen molar-refractivity contribution in [2.75, 3.05) is 13.1 Å². The van der Waals surface area contributed by atoms with E-state index in [9.17, 15) is 32.3 Å². The van der Waals surface area contributed by atoms with Gasteiger partial charge in [-0.05, 0) is 54.9 Å². The average Bonchev–Trinajstić information content (AvgIpc) is 3.75. The zero-order chi connectivity index (χ0) is 28.3. The van der Waals surface area contributed by atoms with Gasteiger partial charge in [0.1, 0.15) is 17.9 Å². The van der Waals surface area contributed by atoms with Crippen LogP contribution >= 0.6 is 0 Å². The van der Waals surface area contributed by atoms with Crippen LogP contribution in [-0.4, -0.2) is 62.0 Å². The van der Waals surface area contributed by atoms with E-state index in [4.69, 9.17) is 0 Å². The molecule has 2 aliphatic carbocycles. The van der Waals surface area contributed by atoms with Gasteiger partial charge in [0.25, 0.3) is 0 Å². The molecule has 0 spiro atoms. The third kappa shape index (κ3) is 5.66. The van der Waals surface area contributed by atoms with Gasteiger partial charge in [0.2, 0.25) is 11.8 Å². The minimum Gasteiger partial charge on any atom is -0.391 e. The van der Waals surface area contributed by atoms with Crippen LogP contribution in [0, 0.1) is 11.2 Å². The number of aromatic nitrogens is 3. The summed E-state index contributed by atoms with van der Waals surface area (Å²) < 4.78 is 55.3. The number of halogens is 4. The maximum atomic E-state index is 14.0. The number of likely N-dealkylation sites (tertiary alicyclic amines) is 1. The second-order valence-electron chi connectivity index (χ2n) is 12.3. The van der Waals surface area contributed by atoms with Gasteiger partial charge in [-0.3, -0.25) is 9.59 Å². The molecule has 1 aromatic heterocycles. The van der Waals surface area contributed by atoms with Gasteiger partial charge in [-0.25, -0.2) is 9.07 Å². The first-order valence-electron chi connectivity index (χ1n) is 13.2. The van der Waals surface area contributed by atoms with E-state index < -0.39 is 52.5 Å². The number of nitrogens with one attached hydrogen (secondary N) is 1. The Morgan fingerprint density at radius 1 is 1.18 bits per heavy atom. The summed E-state index contributed by atoms with van der Waals surface area (Å²) in [6.07, 6.45) is -0.746. The Kier molecular flexibility index (Phi) is 6.76. The lowest BCUT2D eigenvalue weighted by atomic mass is 9.85. The molecule has 2 aromatic rings. The number of aliphatic hydroxyl groups excluding tert-OH is 1. The van der Waals surface area contributed by atoms with Gasteiger partial charge in [0.05, 0.1) is 17.4 Å². The number of carbonyl (C=O) groups excluding carboxylic acids is 2. The zero-order valence-corrected chi connectivity index (χ0v) is 22.1. The Labute approximate surface area is 223 Å². The molecular weight excluding hydrogens is 518 g/mol. The molecule has 3 atom stereocenters. The molecule has 1 aromatic carbocycles. The minimum atomic E-state index is -4.69. The minimum absolute atomic E-state index is 0.00225. The smallest absolute Gasteiger partial charge is 0.391 e. The normalized spacial score (nSPS) is 23.5. The molecule has 2 saturated carbocycles. The maximum absolute atomic E-state index is 14.0. The van der Waals surface area contributed by atoms with Gasteiger partial charge in [-0.15, -0.1) is 5.10 Å². The molecule has 0 unspecified atom stereocenters. The van der Waals surface area contributed by atoms with Crippen molar-refractivity contribution in [3.63, 3.8) is 0 Å². The number of aliphatic hydroxyl groups is 1. The van der Waals surface area contributed by atoms with Crippen molar-refractivity contribution in [2.45, 2.75) is 88.6 Å². The molecule has 39 heavy (non-hydrogen) atoms. The van der Waals surface area contributed by atoms with E-state index in [-0.39, 0.29) is 31.0 Å². The summed E-state index contributed by atoms with van der Waals surface area (Å²) >= 11 is 0. The van der Waals surface area contributed by atoms with Crippen LogP contribution < -0.4 is 5.32 Å². The van der Waals surface area contributed by atoms with Crippen molar-refractivity contribution >= 4 is 11.8 Å². The van der Waals surface area contributed by atoms with Gasteiger partial charge in [0, 0.05) is 37.0 Å². The van der Waals surface area contributed by atoms with Crippen LogP contribution in [0.2, 0.25) is 0 Å².